The van der Waals surface area contributed by atoms with Crippen LogP contribution in [0.2, 0.25) is 0 Å². The Kier molecular flexibility index (Phi) is 3.55. The molecule has 0 spiro atoms. The maximum atomic E-state index is 6.33. The summed E-state index contributed by atoms with van der Waals surface area (Å²) >= 11 is 3.44. The molecule has 3 aromatic rings. The van der Waals surface area contributed by atoms with Crippen LogP contribution in [0.15, 0.2) is 41.1 Å². The van der Waals surface area contributed by atoms with E-state index < -0.39 is 0 Å². The smallest absolute Gasteiger partial charge is 0.134 e. The quantitative estimate of drug-likeness (QED) is 0.780. The predicted octanol–water partition coefficient (Wildman–Crippen LogP) is 4.21. The standard InChI is InChI=1S/C15H15NOS2/c1-17-13-6-7-18-15(13)12(16)8-10-9-19-14-5-3-2-4-11(10)14/h2-7,9,12H,8,16H2,1H3. The fraction of sp³-hybridized carbons (Fsp3) is 0.200. The largest absolute Gasteiger partial charge is 0.496 e. The number of hydrogen-bond acceptors (Lipinski definition) is 4. The zero-order valence-electron chi connectivity index (χ0n) is 10.6. The van der Waals surface area contributed by atoms with Crippen LogP contribution in [0.5, 0.6) is 5.75 Å². The van der Waals surface area contributed by atoms with Crippen LogP contribution in [-0.2, 0) is 6.42 Å². The van der Waals surface area contributed by atoms with Crippen LogP contribution >= 0.6 is 22.7 Å². The monoisotopic (exact) mass is 289 g/mol. The molecular weight excluding hydrogens is 274 g/mol. The molecule has 1 atom stereocenters. The van der Waals surface area contributed by atoms with Gasteiger partial charge in [0, 0.05) is 10.7 Å². The Bertz CT molecular complexity index is 686. The summed E-state index contributed by atoms with van der Waals surface area (Å²) in [6.45, 7) is 0. The molecule has 2 heterocycles. The molecule has 0 amide bonds. The molecule has 98 valence electrons. The third-order valence-corrected chi connectivity index (χ3v) is 5.26. The third kappa shape index (κ3) is 2.39. The van der Waals surface area contributed by atoms with Gasteiger partial charge in [0.15, 0.2) is 0 Å². The molecule has 0 radical (unpaired) electrons. The van der Waals surface area contributed by atoms with Gasteiger partial charge in [-0.15, -0.1) is 22.7 Å². The number of ether oxygens (including phenoxy) is 1. The highest BCUT2D eigenvalue weighted by atomic mass is 32.1. The molecule has 0 fully saturated rings. The van der Waals surface area contributed by atoms with Crippen molar-refractivity contribution in [2.45, 2.75) is 12.5 Å². The molecule has 0 aliphatic carbocycles. The summed E-state index contributed by atoms with van der Waals surface area (Å²) in [4.78, 5) is 1.12. The lowest BCUT2D eigenvalue weighted by atomic mass is 10.0. The Morgan fingerprint density at radius 3 is 2.89 bits per heavy atom. The Hall–Kier alpha value is -1.36. The fourth-order valence-corrected chi connectivity index (χ4v) is 4.11. The first-order valence-electron chi connectivity index (χ1n) is 6.11. The van der Waals surface area contributed by atoms with E-state index in [4.69, 9.17) is 10.5 Å². The normalized spacial score (nSPS) is 12.7. The average Bonchev–Trinajstić information content (AvgIpc) is 3.05. The van der Waals surface area contributed by atoms with E-state index >= 15 is 0 Å². The van der Waals surface area contributed by atoms with Crippen molar-refractivity contribution in [2.75, 3.05) is 7.11 Å². The molecule has 4 heteroatoms. The van der Waals surface area contributed by atoms with E-state index in [2.05, 4.69) is 29.6 Å². The SMILES string of the molecule is COc1ccsc1C(N)Cc1csc2ccccc12. The third-order valence-electron chi connectivity index (χ3n) is 3.21. The minimum absolute atomic E-state index is 0.00652. The van der Waals surface area contributed by atoms with E-state index in [1.807, 2.05) is 11.4 Å². The highest BCUT2D eigenvalue weighted by Gasteiger charge is 2.15. The molecule has 0 saturated heterocycles. The van der Waals surface area contributed by atoms with Crippen LogP contribution in [0.4, 0.5) is 0 Å². The lowest BCUT2D eigenvalue weighted by Crippen LogP contribution is -2.12. The van der Waals surface area contributed by atoms with Gasteiger partial charge >= 0.3 is 0 Å². The van der Waals surface area contributed by atoms with E-state index in [0.717, 1.165) is 17.0 Å². The molecule has 1 unspecified atom stereocenters. The van der Waals surface area contributed by atoms with Crippen molar-refractivity contribution < 1.29 is 4.74 Å². The maximum absolute atomic E-state index is 6.33. The summed E-state index contributed by atoms with van der Waals surface area (Å²) in [5, 5.41) is 5.56. The van der Waals surface area contributed by atoms with Crippen LogP contribution in [0.1, 0.15) is 16.5 Å². The molecular formula is C15H15NOS2. The lowest BCUT2D eigenvalue weighted by molar-refractivity contribution is 0.409. The van der Waals surface area contributed by atoms with Gasteiger partial charge in [-0.1, -0.05) is 18.2 Å². The summed E-state index contributed by atoms with van der Waals surface area (Å²) in [7, 11) is 1.69. The second-order valence-electron chi connectivity index (χ2n) is 4.42. The van der Waals surface area contributed by atoms with Crippen LogP contribution in [0, 0.1) is 0 Å². The first-order chi connectivity index (χ1) is 9.29. The molecule has 0 saturated carbocycles. The first kappa shape index (κ1) is 12.7. The van der Waals surface area contributed by atoms with Crippen molar-refractivity contribution in [3.8, 4) is 5.75 Å². The van der Waals surface area contributed by atoms with E-state index in [9.17, 15) is 0 Å². The molecule has 0 bridgehead atoms. The van der Waals surface area contributed by atoms with Gasteiger partial charge in [-0.25, -0.2) is 0 Å². The Morgan fingerprint density at radius 2 is 2.05 bits per heavy atom. The van der Waals surface area contributed by atoms with Crippen molar-refractivity contribution in [3.05, 3.63) is 51.5 Å². The van der Waals surface area contributed by atoms with Gasteiger partial charge in [0.25, 0.3) is 0 Å². The molecule has 3 rings (SSSR count). The fourth-order valence-electron chi connectivity index (χ4n) is 2.27. The van der Waals surface area contributed by atoms with Crippen molar-refractivity contribution in [1.82, 2.24) is 0 Å². The molecule has 19 heavy (non-hydrogen) atoms. The number of rotatable bonds is 4. The Labute approximate surface area is 120 Å². The van der Waals surface area contributed by atoms with Crippen LogP contribution in [0.3, 0.4) is 0 Å². The van der Waals surface area contributed by atoms with Gasteiger partial charge in [-0.2, -0.15) is 0 Å². The van der Waals surface area contributed by atoms with Gasteiger partial charge in [0.1, 0.15) is 5.75 Å². The molecule has 2 N–H and O–H groups in total. The van der Waals surface area contributed by atoms with E-state index in [1.54, 1.807) is 29.8 Å². The number of methoxy groups -OCH3 is 1. The van der Waals surface area contributed by atoms with E-state index in [1.165, 1.54) is 15.6 Å². The highest BCUT2D eigenvalue weighted by Crippen LogP contribution is 2.34. The molecule has 1 aromatic carbocycles. The number of hydrogen-bond donors (Lipinski definition) is 1. The van der Waals surface area contributed by atoms with Crippen molar-refractivity contribution in [1.29, 1.82) is 0 Å². The van der Waals surface area contributed by atoms with Gasteiger partial charge in [-0.05, 0) is 40.3 Å². The lowest BCUT2D eigenvalue weighted by Gasteiger charge is -2.11. The van der Waals surface area contributed by atoms with Crippen LogP contribution in [0.25, 0.3) is 10.1 Å². The molecule has 2 aromatic heterocycles. The Morgan fingerprint density at radius 1 is 1.21 bits per heavy atom. The first-order valence-corrected chi connectivity index (χ1v) is 7.87. The van der Waals surface area contributed by atoms with Crippen molar-refractivity contribution in [2.24, 2.45) is 5.73 Å². The van der Waals surface area contributed by atoms with E-state index in [0.29, 0.717) is 0 Å². The van der Waals surface area contributed by atoms with E-state index in [-0.39, 0.29) is 6.04 Å². The molecule has 0 aliphatic rings. The van der Waals surface area contributed by atoms with Gasteiger partial charge in [0.05, 0.1) is 12.0 Å². The minimum atomic E-state index is -0.00652. The maximum Gasteiger partial charge on any atom is 0.134 e. The minimum Gasteiger partial charge on any atom is -0.496 e. The van der Waals surface area contributed by atoms with Crippen molar-refractivity contribution >= 4 is 32.8 Å². The Balaban J connectivity index is 1.89. The zero-order chi connectivity index (χ0) is 13.2. The highest BCUT2D eigenvalue weighted by molar-refractivity contribution is 7.17. The number of benzene rings is 1. The number of thiophene rings is 2. The second kappa shape index (κ2) is 5.33. The van der Waals surface area contributed by atoms with Gasteiger partial charge in [0.2, 0.25) is 0 Å². The summed E-state index contributed by atoms with van der Waals surface area (Å²) in [5.41, 5.74) is 7.66. The van der Waals surface area contributed by atoms with Gasteiger partial charge in [-0.3, -0.25) is 0 Å². The predicted molar refractivity (Wildman–Crippen MR) is 83.3 cm³/mol. The summed E-state index contributed by atoms with van der Waals surface area (Å²) in [6.07, 6.45) is 0.848. The number of nitrogens with two attached hydrogens (primary N) is 1. The van der Waals surface area contributed by atoms with Crippen LogP contribution < -0.4 is 10.5 Å². The summed E-state index contributed by atoms with van der Waals surface area (Å²) in [5.74, 6) is 0.900. The summed E-state index contributed by atoms with van der Waals surface area (Å²) < 4.78 is 6.67. The second-order valence-corrected chi connectivity index (χ2v) is 6.28. The number of fused-ring (bicyclic) bond motifs is 1. The van der Waals surface area contributed by atoms with Crippen LogP contribution in [-0.4, -0.2) is 7.11 Å². The zero-order valence-corrected chi connectivity index (χ0v) is 12.3. The summed E-state index contributed by atoms with van der Waals surface area (Å²) in [6, 6.07) is 10.4. The van der Waals surface area contributed by atoms with Gasteiger partial charge < -0.3 is 10.5 Å². The average molecular weight is 289 g/mol. The molecule has 0 aliphatic heterocycles. The topological polar surface area (TPSA) is 35.2 Å². The van der Waals surface area contributed by atoms with Crippen molar-refractivity contribution in [3.63, 3.8) is 0 Å². The molecule has 2 nitrogen and oxygen atoms in total.